The maximum Gasteiger partial charge on any atom is 0.295 e. The largest absolute Gasteiger partial charge is 0.507 e. The number of Topliss-reactive ketones (excluding diaryl/α,β-unsaturated/α-hetero) is 1. The molecule has 2 aromatic carbocycles. The monoisotopic (exact) mass is 479 g/mol. The van der Waals surface area contributed by atoms with Gasteiger partial charge in [-0.05, 0) is 53.1 Å². The molecule has 1 aliphatic rings. The summed E-state index contributed by atoms with van der Waals surface area (Å²) in [6.07, 6.45) is 0.585. The summed E-state index contributed by atoms with van der Waals surface area (Å²) in [6.45, 7) is 11.9. The summed E-state index contributed by atoms with van der Waals surface area (Å²) >= 11 is 0. The van der Waals surface area contributed by atoms with Crippen LogP contribution in [0.15, 0.2) is 54.1 Å². The minimum Gasteiger partial charge on any atom is -0.507 e. The van der Waals surface area contributed by atoms with Crippen LogP contribution in [0.1, 0.15) is 63.8 Å². The van der Waals surface area contributed by atoms with Crippen LogP contribution in [0.3, 0.4) is 0 Å². The van der Waals surface area contributed by atoms with E-state index in [2.05, 4.69) is 34.6 Å². The number of likely N-dealkylation sites (tertiary alicyclic amines) is 1. The maximum absolute atomic E-state index is 13.2. The average molecular weight is 480 g/mol. The number of aliphatic hydroxyl groups excluding tert-OH is 1. The van der Waals surface area contributed by atoms with Gasteiger partial charge in [0.05, 0.1) is 18.2 Å². The van der Waals surface area contributed by atoms with Crippen LogP contribution in [0.4, 0.5) is 0 Å². The van der Waals surface area contributed by atoms with Gasteiger partial charge in [-0.15, -0.1) is 0 Å². The molecule has 3 rings (SSSR count). The molecule has 1 fully saturated rings. The van der Waals surface area contributed by atoms with Crippen molar-refractivity contribution in [2.24, 2.45) is 5.92 Å². The number of ketones is 1. The summed E-state index contributed by atoms with van der Waals surface area (Å²) in [5, 5.41) is 11.2. The van der Waals surface area contributed by atoms with E-state index in [1.165, 1.54) is 0 Å². The molecule has 6 heteroatoms. The molecule has 6 nitrogen and oxygen atoms in total. The lowest BCUT2D eigenvalue weighted by Gasteiger charge is -2.26. The van der Waals surface area contributed by atoms with E-state index < -0.39 is 17.7 Å². The maximum atomic E-state index is 13.2. The number of ether oxygens (including phenoxy) is 2. The molecule has 35 heavy (non-hydrogen) atoms. The molecule has 0 bridgehead atoms. The van der Waals surface area contributed by atoms with Gasteiger partial charge in [0.1, 0.15) is 11.5 Å². The number of carbonyl (C=O) groups is 2. The van der Waals surface area contributed by atoms with E-state index in [-0.39, 0.29) is 16.7 Å². The number of hydrogen-bond acceptors (Lipinski definition) is 5. The number of hydrogen-bond donors (Lipinski definition) is 1. The zero-order chi connectivity index (χ0) is 25.8. The normalized spacial score (nSPS) is 17.9. The third-order valence-electron chi connectivity index (χ3n) is 6.09. The SMILES string of the molecule is COCCCN1C(=O)C(=O)/C(=C(/O)c2ccc(OCC(C)C)cc2)C1c1ccc(C(C)(C)C)cc1. The highest BCUT2D eigenvalue weighted by Crippen LogP contribution is 2.40. The zero-order valence-corrected chi connectivity index (χ0v) is 21.6. The van der Waals surface area contributed by atoms with Crippen LogP contribution in [-0.2, 0) is 19.7 Å². The molecule has 0 spiro atoms. The first kappa shape index (κ1) is 26.5. The highest BCUT2D eigenvalue weighted by Gasteiger charge is 2.45. The Bertz CT molecular complexity index is 1060. The predicted octanol–water partition coefficient (Wildman–Crippen LogP) is 5.48. The van der Waals surface area contributed by atoms with E-state index in [0.717, 1.165) is 11.1 Å². The zero-order valence-electron chi connectivity index (χ0n) is 21.6. The molecule has 1 unspecified atom stereocenters. The molecule has 2 aromatic rings. The molecule has 0 saturated carbocycles. The Hall–Kier alpha value is -3.12. The molecule has 0 radical (unpaired) electrons. The van der Waals surface area contributed by atoms with Gasteiger partial charge in [0.2, 0.25) is 0 Å². The van der Waals surface area contributed by atoms with E-state index in [1.54, 1.807) is 36.3 Å². The van der Waals surface area contributed by atoms with Gasteiger partial charge in [0.25, 0.3) is 11.7 Å². The van der Waals surface area contributed by atoms with Crippen molar-refractivity contribution in [3.05, 3.63) is 70.8 Å². The predicted molar refractivity (Wildman–Crippen MR) is 137 cm³/mol. The molecule has 0 aromatic heterocycles. The lowest BCUT2D eigenvalue weighted by atomic mass is 9.85. The fourth-order valence-electron chi connectivity index (χ4n) is 4.13. The van der Waals surface area contributed by atoms with Crippen molar-refractivity contribution in [3.63, 3.8) is 0 Å². The lowest BCUT2D eigenvalue weighted by Crippen LogP contribution is -2.31. The number of carbonyl (C=O) groups excluding carboxylic acids is 2. The summed E-state index contributed by atoms with van der Waals surface area (Å²) in [5.41, 5.74) is 2.47. The van der Waals surface area contributed by atoms with Gasteiger partial charge in [-0.1, -0.05) is 58.9 Å². The first-order valence-electron chi connectivity index (χ1n) is 12.2. The van der Waals surface area contributed by atoms with E-state index in [1.807, 2.05) is 24.3 Å². The summed E-state index contributed by atoms with van der Waals surface area (Å²) in [5.74, 6) is -0.390. The molecule has 188 valence electrons. The van der Waals surface area contributed by atoms with Crippen molar-refractivity contribution in [1.82, 2.24) is 4.90 Å². The van der Waals surface area contributed by atoms with Gasteiger partial charge in [0.15, 0.2) is 0 Å². The summed E-state index contributed by atoms with van der Waals surface area (Å²) < 4.78 is 10.9. The van der Waals surface area contributed by atoms with Crippen molar-refractivity contribution in [3.8, 4) is 5.75 Å². The van der Waals surface area contributed by atoms with Crippen LogP contribution in [0.5, 0.6) is 5.75 Å². The average Bonchev–Trinajstić information content (AvgIpc) is 3.07. The first-order chi connectivity index (χ1) is 16.5. The van der Waals surface area contributed by atoms with E-state index in [0.29, 0.717) is 43.4 Å². The highest BCUT2D eigenvalue weighted by molar-refractivity contribution is 6.46. The Morgan fingerprint density at radius 3 is 2.20 bits per heavy atom. The molecule has 1 saturated heterocycles. The van der Waals surface area contributed by atoms with Gasteiger partial charge in [-0.25, -0.2) is 0 Å². The number of rotatable bonds is 9. The van der Waals surface area contributed by atoms with Gasteiger partial charge >= 0.3 is 0 Å². The smallest absolute Gasteiger partial charge is 0.295 e. The summed E-state index contributed by atoms with van der Waals surface area (Å²) in [6, 6.07) is 14.2. The number of amides is 1. The Kier molecular flexibility index (Phi) is 8.39. The number of nitrogens with zero attached hydrogens (tertiary/aromatic N) is 1. The van der Waals surface area contributed by atoms with Gasteiger partial charge in [0, 0.05) is 25.8 Å². The Morgan fingerprint density at radius 1 is 1.03 bits per heavy atom. The molecule has 1 atom stereocenters. The fourth-order valence-corrected chi connectivity index (χ4v) is 4.13. The fraction of sp³-hybridized carbons (Fsp3) is 0.448. The second-order valence-corrected chi connectivity index (χ2v) is 10.4. The lowest BCUT2D eigenvalue weighted by molar-refractivity contribution is -0.140. The summed E-state index contributed by atoms with van der Waals surface area (Å²) in [7, 11) is 1.60. The van der Waals surface area contributed by atoms with Crippen LogP contribution >= 0.6 is 0 Å². The third kappa shape index (κ3) is 6.12. The van der Waals surface area contributed by atoms with Crippen LogP contribution in [0.2, 0.25) is 0 Å². The summed E-state index contributed by atoms with van der Waals surface area (Å²) in [4.78, 5) is 27.7. The molecule has 1 aliphatic heterocycles. The van der Waals surface area contributed by atoms with Crippen molar-refractivity contribution in [1.29, 1.82) is 0 Å². The number of methoxy groups -OCH3 is 1. The van der Waals surface area contributed by atoms with Crippen LogP contribution in [0, 0.1) is 5.92 Å². The van der Waals surface area contributed by atoms with Gasteiger partial charge < -0.3 is 19.5 Å². The van der Waals surface area contributed by atoms with Crippen molar-refractivity contribution in [2.45, 2.75) is 52.5 Å². The molecule has 1 heterocycles. The Labute approximate surface area is 208 Å². The molecular weight excluding hydrogens is 442 g/mol. The van der Waals surface area contributed by atoms with Crippen LogP contribution in [-0.4, -0.2) is 48.6 Å². The van der Waals surface area contributed by atoms with Crippen molar-refractivity contribution in [2.75, 3.05) is 26.9 Å². The Balaban J connectivity index is 2.03. The van der Waals surface area contributed by atoms with Gasteiger partial charge in [-0.3, -0.25) is 9.59 Å². The highest BCUT2D eigenvalue weighted by atomic mass is 16.5. The van der Waals surface area contributed by atoms with Crippen LogP contribution in [0.25, 0.3) is 5.76 Å². The minimum absolute atomic E-state index is 0.0296. The van der Waals surface area contributed by atoms with Gasteiger partial charge in [-0.2, -0.15) is 0 Å². The van der Waals surface area contributed by atoms with Crippen molar-refractivity contribution >= 4 is 17.4 Å². The van der Waals surface area contributed by atoms with E-state index in [4.69, 9.17) is 9.47 Å². The second kappa shape index (κ2) is 11.1. The third-order valence-corrected chi connectivity index (χ3v) is 6.09. The molecule has 0 aliphatic carbocycles. The van der Waals surface area contributed by atoms with E-state index >= 15 is 0 Å². The standard InChI is InChI=1S/C29H37NO5/c1-19(2)18-35-23-14-10-21(11-15-23)26(31)24-25(20-8-12-22(13-9-20)29(3,4)5)30(16-7-17-34-6)28(33)27(24)32/h8-15,19,25,31H,7,16-18H2,1-6H3/b26-24+. The second-order valence-electron chi connectivity index (χ2n) is 10.4. The Morgan fingerprint density at radius 2 is 1.66 bits per heavy atom. The minimum atomic E-state index is -0.676. The molecular formula is C29H37NO5. The molecule has 1 amide bonds. The molecule has 1 N–H and O–H groups in total. The first-order valence-corrected chi connectivity index (χ1v) is 12.2. The van der Waals surface area contributed by atoms with Crippen molar-refractivity contribution < 1.29 is 24.2 Å². The number of benzene rings is 2. The van der Waals surface area contributed by atoms with Crippen LogP contribution < -0.4 is 4.74 Å². The van der Waals surface area contributed by atoms with E-state index in [9.17, 15) is 14.7 Å². The topological polar surface area (TPSA) is 76.1 Å². The number of aliphatic hydroxyl groups is 1. The quantitative estimate of drug-likeness (QED) is 0.223.